The Balaban J connectivity index is 1.09. The number of hydrogen-bond acceptors (Lipinski definition) is 7. The molecular weight excluding hydrogens is 703 g/mol. The second-order valence-corrected chi connectivity index (χ2v) is 14.0. The van der Waals surface area contributed by atoms with E-state index in [9.17, 15) is 0 Å². The number of aliphatic imine (C=N–C) groups is 2. The topological polar surface area (TPSA) is 89.7 Å². The molecule has 0 bridgehead atoms. The third-order valence-corrected chi connectivity index (χ3v) is 10.4. The molecule has 10 aromatic rings. The first-order valence-corrected chi connectivity index (χ1v) is 18.9. The summed E-state index contributed by atoms with van der Waals surface area (Å²) in [4.78, 5) is 25.6. The fraction of sp³-hybridized carbons (Fsp3) is 0.0200. The van der Waals surface area contributed by atoms with Gasteiger partial charge in [0.25, 0.3) is 0 Å². The van der Waals surface area contributed by atoms with E-state index in [0.717, 1.165) is 88.7 Å². The maximum atomic E-state index is 6.50. The lowest BCUT2D eigenvalue weighted by molar-refractivity contribution is 0.669. The highest BCUT2D eigenvalue weighted by atomic mass is 16.3. The van der Waals surface area contributed by atoms with Gasteiger partial charge in [0.15, 0.2) is 23.3 Å². The Labute approximate surface area is 327 Å². The fourth-order valence-electron chi connectivity index (χ4n) is 7.70. The van der Waals surface area contributed by atoms with Gasteiger partial charge in [-0.3, -0.25) is 0 Å². The third kappa shape index (κ3) is 5.81. The standard InChI is InChI=1S/C50H31N5O2/c1-4-14-31(15-5-1)40-27-28-41(52-47(51-40)32-16-6-2-7-17-32)37-22-13-25-44-45(37)39-30-34(26-29-43(39)56-44)49-53-48(33-18-8-3-9-19-33)54-50(55-49)38-23-12-21-36-35-20-10-11-24-42(35)57-46(36)38/h1-26,28-30H,27H2. The van der Waals surface area contributed by atoms with Gasteiger partial charge in [0, 0.05) is 50.2 Å². The molecule has 4 heterocycles. The van der Waals surface area contributed by atoms with Crippen molar-refractivity contribution in [3.63, 3.8) is 0 Å². The van der Waals surface area contributed by atoms with Crippen LogP contribution in [-0.4, -0.2) is 26.5 Å². The molecule has 0 aliphatic carbocycles. The van der Waals surface area contributed by atoms with E-state index in [1.165, 1.54) is 0 Å². The molecule has 11 rings (SSSR count). The molecule has 0 amide bonds. The van der Waals surface area contributed by atoms with Crippen LogP contribution in [0.1, 0.15) is 23.1 Å². The van der Waals surface area contributed by atoms with E-state index in [4.69, 9.17) is 33.8 Å². The molecule has 3 aromatic heterocycles. The van der Waals surface area contributed by atoms with Crippen molar-refractivity contribution >= 4 is 61.1 Å². The summed E-state index contributed by atoms with van der Waals surface area (Å²) in [6.45, 7) is 0. The number of amidine groups is 1. The molecule has 0 N–H and O–H groups in total. The number of hydrogen-bond donors (Lipinski definition) is 0. The zero-order valence-electron chi connectivity index (χ0n) is 30.5. The van der Waals surface area contributed by atoms with Gasteiger partial charge in [-0.25, -0.2) is 24.9 Å². The molecule has 0 spiro atoms. The molecule has 1 aliphatic heterocycles. The molecule has 0 unspecified atom stereocenters. The minimum Gasteiger partial charge on any atom is -0.456 e. The van der Waals surface area contributed by atoms with Crippen molar-refractivity contribution in [2.75, 3.05) is 0 Å². The zero-order chi connectivity index (χ0) is 37.7. The minimum atomic E-state index is 0.530. The van der Waals surface area contributed by atoms with E-state index in [0.29, 0.717) is 29.7 Å². The molecule has 0 fully saturated rings. The molecule has 1 aliphatic rings. The Kier molecular flexibility index (Phi) is 7.74. The number of allylic oxidation sites excluding steroid dienone is 1. The van der Waals surface area contributed by atoms with E-state index in [1.807, 2.05) is 121 Å². The lowest BCUT2D eigenvalue weighted by atomic mass is 10.0. The van der Waals surface area contributed by atoms with Gasteiger partial charge in [0.05, 0.1) is 17.0 Å². The van der Waals surface area contributed by atoms with Gasteiger partial charge in [-0.2, -0.15) is 0 Å². The molecule has 0 saturated carbocycles. The number of benzene rings is 7. The van der Waals surface area contributed by atoms with Crippen LogP contribution in [0.25, 0.3) is 83.7 Å². The maximum absolute atomic E-state index is 6.50. The molecule has 0 radical (unpaired) electrons. The Morgan fingerprint density at radius 1 is 0.404 bits per heavy atom. The van der Waals surface area contributed by atoms with Gasteiger partial charge in [-0.05, 0) is 42.0 Å². The second kappa shape index (κ2) is 13.5. The molecule has 268 valence electrons. The Hall–Kier alpha value is -7.77. The largest absolute Gasteiger partial charge is 0.456 e. The zero-order valence-corrected chi connectivity index (χ0v) is 30.5. The second-order valence-electron chi connectivity index (χ2n) is 14.0. The molecule has 0 atom stereocenters. The van der Waals surface area contributed by atoms with Gasteiger partial charge in [0.2, 0.25) is 0 Å². The molecular formula is C50H31N5O2. The normalized spacial score (nSPS) is 13.2. The summed E-state index contributed by atoms with van der Waals surface area (Å²) in [6.07, 6.45) is 2.78. The number of furan rings is 2. The van der Waals surface area contributed by atoms with Gasteiger partial charge in [-0.15, -0.1) is 0 Å². The van der Waals surface area contributed by atoms with Gasteiger partial charge >= 0.3 is 0 Å². The van der Waals surface area contributed by atoms with Crippen LogP contribution in [0.3, 0.4) is 0 Å². The average Bonchev–Trinajstić information content (AvgIpc) is 3.77. The predicted molar refractivity (Wildman–Crippen MR) is 229 cm³/mol. The first-order chi connectivity index (χ1) is 28.2. The van der Waals surface area contributed by atoms with Crippen molar-refractivity contribution in [1.82, 2.24) is 15.0 Å². The summed E-state index contributed by atoms with van der Waals surface area (Å²) >= 11 is 0. The minimum absolute atomic E-state index is 0.530. The van der Waals surface area contributed by atoms with E-state index in [2.05, 4.69) is 54.6 Å². The summed E-state index contributed by atoms with van der Waals surface area (Å²) < 4.78 is 12.9. The average molecular weight is 734 g/mol. The van der Waals surface area contributed by atoms with Crippen LogP contribution in [0.5, 0.6) is 0 Å². The first-order valence-electron chi connectivity index (χ1n) is 18.9. The fourth-order valence-corrected chi connectivity index (χ4v) is 7.70. The lowest BCUT2D eigenvalue weighted by Gasteiger charge is -2.09. The first kappa shape index (κ1) is 32.6. The molecule has 7 nitrogen and oxygen atoms in total. The lowest BCUT2D eigenvalue weighted by Crippen LogP contribution is -2.04. The van der Waals surface area contributed by atoms with E-state index in [1.54, 1.807) is 0 Å². The third-order valence-electron chi connectivity index (χ3n) is 10.4. The smallest absolute Gasteiger partial charge is 0.167 e. The Morgan fingerprint density at radius 3 is 1.82 bits per heavy atom. The highest BCUT2D eigenvalue weighted by Gasteiger charge is 2.21. The molecule has 57 heavy (non-hydrogen) atoms. The van der Waals surface area contributed by atoms with Crippen molar-refractivity contribution < 1.29 is 8.83 Å². The molecule has 7 heteroatoms. The summed E-state index contributed by atoms with van der Waals surface area (Å²) in [5, 5.41) is 3.96. The highest BCUT2D eigenvalue weighted by molar-refractivity contribution is 6.17. The number of aromatic nitrogens is 3. The van der Waals surface area contributed by atoms with Crippen molar-refractivity contribution in [2.45, 2.75) is 6.42 Å². The van der Waals surface area contributed by atoms with Crippen LogP contribution in [0.2, 0.25) is 0 Å². The summed E-state index contributed by atoms with van der Waals surface area (Å²) in [5.41, 5.74) is 10.4. The van der Waals surface area contributed by atoms with Crippen molar-refractivity contribution in [3.05, 3.63) is 193 Å². The van der Waals surface area contributed by atoms with E-state index >= 15 is 0 Å². The van der Waals surface area contributed by atoms with E-state index < -0.39 is 0 Å². The van der Waals surface area contributed by atoms with Crippen molar-refractivity contribution in [2.24, 2.45) is 9.98 Å². The maximum Gasteiger partial charge on any atom is 0.167 e. The van der Waals surface area contributed by atoms with Crippen LogP contribution in [-0.2, 0) is 0 Å². The quantitative estimate of drug-likeness (QED) is 0.170. The van der Waals surface area contributed by atoms with Crippen LogP contribution in [0.15, 0.2) is 195 Å². The van der Waals surface area contributed by atoms with Gasteiger partial charge in [-0.1, -0.05) is 140 Å². The monoisotopic (exact) mass is 733 g/mol. The van der Waals surface area contributed by atoms with Crippen LogP contribution < -0.4 is 0 Å². The highest BCUT2D eigenvalue weighted by Crippen LogP contribution is 2.39. The van der Waals surface area contributed by atoms with Crippen molar-refractivity contribution in [1.29, 1.82) is 0 Å². The molecule has 7 aromatic carbocycles. The van der Waals surface area contributed by atoms with Gasteiger partial charge in [0.1, 0.15) is 22.3 Å². The Morgan fingerprint density at radius 2 is 1.02 bits per heavy atom. The van der Waals surface area contributed by atoms with Crippen LogP contribution in [0.4, 0.5) is 0 Å². The van der Waals surface area contributed by atoms with E-state index in [-0.39, 0.29) is 0 Å². The SMILES string of the molecule is C1=C(c2cccc3oc4ccc(-c5nc(-c6ccccc6)nc(-c6cccc7c6oc6ccccc67)n5)cc4c23)N=C(c2ccccc2)N=C(c2ccccc2)C1. The summed E-state index contributed by atoms with van der Waals surface area (Å²) in [7, 11) is 0. The number of fused-ring (bicyclic) bond motifs is 6. The Bertz CT molecular complexity index is 3250. The van der Waals surface area contributed by atoms with Gasteiger partial charge < -0.3 is 8.83 Å². The number of nitrogens with zero attached hydrogens (tertiary/aromatic N) is 5. The predicted octanol–water partition coefficient (Wildman–Crippen LogP) is 12.4. The summed E-state index contributed by atoms with van der Waals surface area (Å²) in [6, 6.07) is 56.9. The number of para-hydroxylation sites is 2. The van der Waals surface area contributed by atoms with Crippen molar-refractivity contribution in [3.8, 4) is 34.2 Å². The summed E-state index contributed by atoms with van der Waals surface area (Å²) in [5.74, 6) is 2.30. The van der Waals surface area contributed by atoms with Crippen LogP contribution >= 0.6 is 0 Å². The van der Waals surface area contributed by atoms with Crippen LogP contribution in [0, 0.1) is 0 Å². The molecule has 0 saturated heterocycles. The number of rotatable bonds is 6.